The van der Waals surface area contributed by atoms with E-state index in [2.05, 4.69) is 121 Å². The molecule has 0 saturated carbocycles. The zero-order chi connectivity index (χ0) is 54.4. The molecule has 0 aliphatic heterocycles. The third-order valence-electron chi connectivity index (χ3n) is 13.1. The van der Waals surface area contributed by atoms with E-state index in [1.165, 1.54) is 11.1 Å². The molecule has 5 rings (SSSR count). The van der Waals surface area contributed by atoms with Crippen LogP contribution in [0.2, 0.25) is 0 Å². The molecule has 0 saturated heterocycles. The number of hydrogen-bond donors (Lipinski definition) is 2. The second-order valence-corrected chi connectivity index (χ2v) is 22.2. The lowest BCUT2D eigenvalue weighted by atomic mass is 9.91. The molecule has 0 aliphatic rings. The molecule has 70 heavy (non-hydrogen) atoms. The summed E-state index contributed by atoms with van der Waals surface area (Å²) in [5.41, 5.74) is 13.0. The number of rotatable bonds is 10. The summed E-state index contributed by atoms with van der Waals surface area (Å²) in [6, 6.07) is 18.9. The molecule has 0 radical (unpaired) electrons. The van der Waals surface area contributed by atoms with Gasteiger partial charge in [-0.2, -0.15) is 0 Å². The van der Waals surface area contributed by atoms with Gasteiger partial charge in [0.15, 0.2) is 0 Å². The fourth-order valence-electron chi connectivity index (χ4n) is 8.84. The van der Waals surface area contributed by atoms with Crippen molar-refractivity contribution >= 4 is 0 Å². The van der Waals surface area contributed by atoms with Crippen molar-refractivity contribution in [2.75, 3.05) is 0 Å². The molecule has 8 nitrogen and oxygen atoms in total. The lowest BCUT2D eigenvalue weighted by Gasteiger charge is -2.18. The fraction of sp³-hybridized carbons (Fsp3) is 0.565. The summed E-state index contributed by atoms with van der Waals surface area (Å²) < 4.78 is 5.41. The molecule has 0 fully saturated rings. The molecular formula is C62H97N3O5. The van der Waals surface area contributed by atoms with Gasteiger partial charge in [-0.15, -0.1) is 0 Å². The maximum absolute atomic E-state index is 12.1. The molecule has 0 atom stereocenters. The van der Waals surface area contributed by atoms with Crippen LogP contribution in [0.1, 0.15) is 265 Å². The van der Waals surface area contributed by atoms with Gasteiger partial charge in [0.05, 0.1) is 0 Å². The average Bonchev–Trinajstić information content (AvgIpc) is 3.24. The van der Waals surface area contributed by atoms with Crippen molar-refractivity contribution < 1.29 is 10.2 Å². The van der Waals surface area contributed by atoms with E-state index in [0.717, 1.165) is 55.9 Å². The first kappa shape index (κ1) is 62.9. The number of nitrogens with zero attached hydrogens (tertiary/aromatic N) is 3. The summed E-state index contributed by atoms with van der Waals surface area (Å²) in [5.74, 6) is 4.12. The summed E-state index contributed by atoms with van der Waals surface area (Å²) in [7, 11) is 1.85. The Balaban J connectivity index is 0.000000438. The Morgan fingerprint density at radius 2 is 0.771 bits per heavy atom. The lowest BCUT2D eigenvalue weighted by Crippen LogP contribution is -2.27. The van der Waals surface area contributed by atoms with Crippen molar-refractivity contribution in [3.05, 3.63) is 159 Å². The van der Waals surface area contributed by atoms with Crippen LogP contribution in [-0.2, 0) is 7.05 Å². The third-order valence-corrected chi connectivity index (χ3v) is 13.1. The molecular weight excluding hydrogens is 867 g/mol. The van der Waals surface area contributed by atoms with Crippen LogP contribution in [0.4, 0.5) is 0 Å². The monoisotopic (exact) mass is 964 g/mol. The van der Waals surface area contributed by atoms with E-state index >= 15 is 0 Å². The smallest absolute Gasteiger partial charge is 0.254 e. The van der Waals surface area contributed by atoms with Crippen molar-refractivity contribution in [3.8, 4) is 11.5 Å². The van der Waals surface area contributed by atoms with Crippen LogP contribution in [0, 0.1) is 27.7 Å². The summed E-state index contributed by atoms with van der Waals surface area (Å²) in [6.07, 6.45) is 1.90. The van der Waals surface area contributed by atoms with E-state index in [-0.39, 0.29) is 28.8 Å². The third kappa shape index (κ3) is 16.8. The van der Waals surface area contributed by atoms with Gasteiger partial charge >= 0.3 is 0 Å². The summed E-state index contributed by atoms with van der Waals surface area (Å²) in [5, 5.41) is 19.9. The number of pyridine rings is 3. The maximum atomic E-state index is 12.1. The van der Waals surface area contributed by atoms with Crippen LogP contribution in [0.15, 0.2) is 75.2 Å². The molecule has 8 heteroatoms. The molecule has 0 aliphatic carbocycles. The van der Waals surface area contributed by atoms with Gasteiger partial charge in [-0.05, 0) is 160 Å². The van der Waals surface area contributed by atoms with Gasteiger partial charge in [-0.3, -0.25) is 14.4 Å². The molecule has 0 bridgehead atoms. The summed E-state index contributed by atoms with van der Waals surface area (Å²) in [6.45, 7) is 49.6. The fourth-order valence-corrected chi connectivity index (χ4v) is 8.84. The number of aromatic nitrogens is 3. The highest BCUT2D eigenvalue weighted by atomic mass is 16.3. The maximum Gasteiger partial charge on any atom is 0.254 e. The minimum absolute atomic E-state index is 0.145. The number of phenolic OH excluding ortho intramolecular Hbond substituents is 2. The van der Waals surface area contributed by atoms with Crippen LogP contribution >= 0.6 is 0 Å². The van der Waals surface area contributed by atoms with E-state index in [0.29, 0.717) is 58.8 Å². The molecule has 2 N–H and O–H groups in total. The Labute approximate surface area is 425 Å². The molecule has 390 valence electrons. The first-order valence-corrected chi connectivity index (χ1v) is 26.0. The van der Waals surface area contributed by atoms with Crippen LogP contribution < -0.4 is 16.7 Å². The van der Waals surface area contributed by atoms with Crippen molar-refractivity contribution in [1.82, 2.24) is 13.7 Å². The van der Waals surface area contributed by atoms with E-state index in [4.69, 9.17) is 0 Å². The first-order chi connectivity index (χ1) is 32.2. The Morgan fingerprint density at radius 3 is 1.17 bits per heavy atom. The highest BCUT2D eigenvalue weighted by Gasteiger charge is 2.16. The lowest BCUT2D eigenvalue weighted by molar-refractivity contribution is 0.454. The van der Waals surface area contributed by atoms with Gasteiger partial charge < -0.3 is 23.9 Å². The highest BCUT2D eigenvalue weighted by molar-refractivity contribution is 5.47. The van der Waals surface area contributed by atoms with E-state index < -0.39 is 0 Å². The van der Waals surface area contributed by atoms with Gasteiger partial charge in [-0.25, -0.2) is 0 Å². The zero-order valence-electron chi connectivity index (χ0n) is 48.5. The molecule has 0 unspecified atom stereocenters. The number of aryl methyl sites for hydroxylation is 1. The summed E-state index contributed by atoms with van der Waals surface area (Å²) in [4.78, 5) is 35.9. The largest absolute Gasteiger partial charge is 0.507 e. The zero-order valence-corrected chi connectivity index (χ0v) is 48.5. The summed E-state index contributed by atoms with van der Waals surface area (Å²) >= 11 is 0. The van der Waals surface area contributed by atoms with Gasteiger partial charge in [0.2, 0.25) is 0 Å². The minimum Gasteiger partial charge on any atom is -0.507 e. The van der Waals surface area contributed by atoms with Crippen LogP contribution in [-0.4, -0.2) is 23.9 Å². The molecule has 3 aromatic heterocycles. The predicted molar refractivity (Wildman–Crippen MR) is 302 cm³/mol. The second kappa shape index (κ2) is 28.1. The number of hydrogen-bond acceptors (Lipinski definition) is 5. The Kier molecular flexibility index (Phi) is 25.2. The van der Waals surface area contributed by atoms with E-state index in [9.17, 15) is 24.6 Å². The number of phenols is 2. The topological polar surface area (TPSA) is 106 Å². The van der Waals surface area contributed by atoms with Crippen molar-refractivity contribution in [1.29, 1.82) is 0 Å². The average molecular weight is 964 g/mol. The molecule has 2 aromatic carbocycles. The highest BCUT2D eigenvalue weighted by Crippen LogP contribution is 2.34. The second-order valence-electron chi connectivity index (χ2n) is 22.2. The quantitative estimate of drug-likeness (QED) is 0.145. The minimum atomic E-state index is 0.145. The normalized spacial score (nSPS) is 11.4. The van der Waals surface area contributed by atoms with Crippen molar-refractivity contribution in [2.45, 2.75) is 226 Å². The van der Waals surface area contributed by atoms with Gasteiger partial charge in [0.25, 0.3) is 16.7 Å². The van der Waals surface area contributed by atoms with Crippen LogP contribution in [0.3, 0.4) is 0 Å². The number of para-hydroxylation sites is 1. The van der Waals surface area contributed by atoms with E-state index in [1.807, 2.05) is 117 Å². The molecule has 3 heterocycles. The molecule has 0 spiro atoms. The number of aromatic hydroxyl groups is 2. The Morgan fingerprint density at radius 1 is 0.386 bits per heavy atom. The molecule has 0 amide bonds. The van der Waals surface area contributed by atoms with Gasteiger partial charge in [0.1, 0.15) is 11.5 Å². The molecule has 5 aromatic rings. The Hall–Kier alpha value is -5.11. The Bertz CT molecular complexity index is 2480. The predicted octanol–water partition coefficient (Wildman–Crippen LogP) is 16.2. The number of benzene rings is 2. The van der Waals surface area contributed by atoms with Gasteiger partial charge in [-0.1, -0.05) is 147 Å². The van der Waals surface area contributed by atoms with Crippen LogP contribution in [0.25, 0.3) is 0 Å². The van der Waals surface area contributed by atoms with Gasteiger partial charge in [0, 0.05) is 53.4 Å². The van der Waals surface area contributed by atoms with E-state index in [1.54, 1.807) is 9.13 Å². The first-order valence-electron chi connectivity index (χ1n) is 26.0. The SMILES string of the molecule is CC(C)c1ccc(C(C)C)n(C)c1=O.CC(C)c1cccc(C(C)C)c1O.Cc1c(C(C)C)cc(C)n(C(C)C)c1=O.Cc1c(C(C)C)ccc(C(C)C)c1O.Cc1c(C(C)C)ccn(C(C)C)c1=O. The van der Waals surface area contributed by atoms with Crippen LogP contribution in [0.5, 0.6) is 11.5 Å². The van der Waals surface area contributed by atoms with Crippen molar-refractivity contribution in [2.24, 2.45) is 7.05 Å². The standard InChI is InChI=1S/C13H21NO.C13H20O.2C12H19NO.C12H18O/c1-8(2)12-7-10(5)14(9(3)4)13(15)11(12)6;1-8(2)11-6-7-12(9(3)4)13(14)10(11)5;1-8(2)10-6-7-11(9(3)4)13(5)12(10)14;1-8(2)11-6-7-13(9(3)4)12(14)10(11)5;1-8(2)10-6-5-7-11(9(3)4)12(10)13/h7-9H,1-6H3;6-9,14H,1-5H3;2*6-9H,1-5H3;5-9,13H,1-4H3. The van der Waals surface area contributed by atoms with Crippen molar-refractivity contribution in [3.63, 3.8) is 0 Å².